The lowest BCUT2D eigenvalue weighted by Gasteiger charge is -2.24. The molecule has 3 N–H and O–H groups in total. The van der Waals surface area contributed by atoms with Gasteiger partial charge >= 0.3 is 0 Å². The highest BCUT2D eigenvalue weighted by Gasteiger charge is 2.20. The number of unbranched alkanes of at least 4 members (excludes halogenated alkanes) is 1. The van der Waals surface area contributed by atoms with Gasteiger partial charge in [-0.15, -0.1) is 0 Å². The van der Waals surface area contributed by atoms with Gasteiger partial charge in [-0.1, -0.05) is 26.3 Å². The summed E-state index contributed by atoms with van der Waals surface area (Å²) in [7, 11) is 3.77. The fourth-order valence-corrected chi connectivity index (χ4v) is 2.03. The fourth-order valence-electron chi connectivity index (χ4n) is 2.03. The molecule has 4 heteroatoms. The summed E-state index contributed by atoms with van der Waals surface area (Å²) < 4.78 is 5.24. The number of ether oxygens (including phenoxy) is 1. The second-order valence-electron chi connectivity index (χ2n) is 5.88. The van der Waals surface area contributed by atoms with Crippen molar-refractivity contribution in [1.82, 2.24) is 0 Å². The Balaban J connectivity index is 2.40. The van der Waals surface area contributed by atoms with Gasteiger partial charge in [-0.25, -0.2) is 0 Å². The molecule has 0 aliphatic rings. The number of methoxy groups -OCH3 is 1. The lowest BCUT2D eigenvalue weighted by Crippen LogP contribution is -2.31. The van der Waals surface area contributed by atoms with Crippen molar-refractivity contribution in [3.8, 4) is 5.75 Å². The van der Waals surface area contributed by atoms with Crippen LogP contribution in [0.15, 0.2) is 24.3 Å². The van der Waals surface area contributed by atoms with Gasteiger partial charge in [-0.3, -0.25) is 5.41 Å². The predicted molar refractivity (Wildman–Crippen MR) is 85.8 cm³/mol. The molecular formula is C16H27N3O. The normalized spacial score (nSPS) is 11.2. The van der Waals surface area contributed by atoms with Crippen LogP contribution < -0.4 is 15.4 Å². The van der Waals surface area contributed by atoms with Crippen molar-refractivity contribution >= 4 is 11.5 Å². The van der Waals surface area contributed by atoms with Gasteiger partial charge in [-0.05, 0) is 25.0 Å². The maximum Gasteiger partial charge on any atom is 0.120 e. The minimum Gasteiger partial charge on any atom is -0.497 e. The molecule has 20 heavy (non-hydrogen) atoms. The first-order chi connectivity index (χ1) is 9.36. The van der Waals surface area contributed by atoms with Gasteiger partial charge in [0.2, 0.25) is 0 Å². The van der Waals surface area contributed by atoms with Gasteiger partial charge in [0.15, 0.2) is 0 Å². The molecule has 0 saturated carbocycles. The molecule has 1 rings (SSSR count). The smallest absolute Gasteiger partial charge is 0.120 e. The van der Waals surface area contributed by atoms with Crippen LogP contribution in [0.5, 0.6) is 5.75 Å². The van der Waals surface area contributed by atoms with Crippen molar-refractivity contribution in [2.24, 2.45) is 11.1 Å². The van der Waals surface area contributed by atoms with Crippen molar-refractivity contribution in [2.75, 3.05) is 25.6 Å². The van der Waals surface area contributed by atoms with Crippen LogP contribution in [0.3, 0.4) is 0 Å². The number of benzene rings is 1. The first-order valence-electron chi connectivity index (χ1n) is 7.06. The highest BCUT2D eigenvalue weighted by molar-refractivity contribution is 5.82. The Kier molecular flexibility index (Phi) is 5.86. The summed E-state index contributed by atoms with van der Waals surface area (Å²) >= 11 is 0. The van der Waals surface area contributed by atoms with E-state index in [9.17, 15) is 0 Å². The summed E-state index contributed by atoms with van der Waals surface area (Å²) in [5, 5.41) is 7.55. The van der Waals surface area contributed by atoms with E-state index in [1.165, 1.54) is 0 Å². The highest BCUT2D eigenvalue weighted by Crippen LogP contribution is 2.24. The standard InChI is InChI=1S/C16H27N3O/c1-16(2,15(17)18)10-5-6-11-19(3)13-8-7-9-14(12-13)20-4/h7-9,12H,5-6,10-11H2,1-4H3,(H3,17,18). The molecule has 0 atom stereocenters. The Morgan fingerprint density at radius 3 is 2.65 bits per heavy atom. The summed E-state index contributed by atoms with van der Waals surface area (Å²) in [6.07, 6.45) is 3.11. The molecule has 0 aliphatic heterocycles. The summed E-state index contributed by atoms with van der Waals surface area (Å²) in [6.45, 7) is 5.05. The number of anilines is 1. The zero-order chi connectivity index (χ0) is 15.2. The third-order valence-corrected chi connectivity index (χ3v) is 3.77. The molecule has 1 aromatic rings. The van der Waals surface area contributed by atoms with Crippen LogP contribution in [0.4, 0.5) is 5.69 Å². The molecular weight excluding hydrogens is 250 g/mol. The van der Waals surface area contributed by atoms with Crippen LogP contribution in [0, 0.1) is 10.8 Å². The van der Waals surface area contributed by atoms with Crippen LogP contribution in [0.25, 0.3) is 0 Å². The molecule has 0 aromatic heterocycles. The Morgan fingerprint density at radius 1 is 1.35 bits per heavy atom. The van der Waals surface area contributed by atoms with E-state index in [0.29, 0.717) is 0 Å². The minimum absolute atomic E-state index is 0.186. The largest absolute Gasteiger partial charge is 0.497 e. The summed E-state index contributed by atoms with van der Waals surface area (Å²) in [5.74, 6) is 1.16. The topological polar surface area (TPSA) is 62.3 Å². The van der Waals surface area contributed by atoms with E-state index in [1.54, 1.807) is 7.11 Å². The number of hydrogen-bond donors (Lipinski definition) is 2. The quantitative estimate of drug-likeness (QED) is 0.435. The second-order valence-corrected chi connectivity index (χ2v) is 5.88. The first-order valence-corrected chi connectivity index (χ1v) is 7.06. The van der Waals surface area contributed by atoms with E-state index >= 15 is 0 Å². The summed E-state index contributed by atoms with van der Waals surface area (Å²) in [6, 6.07) is 8.08. The molecule has 0 bridgehead atoms. The van der Waals surface area contributed by atoms with Crippen LogP contribution in [-0.4, -0.2) is 26.5 Å². The van der Waals surface area contributed by atoms with E-state index in [2.05, 4.69) is 18.0 Å². The lowest BCUT2D eigenvalue weighted by atomic mass is 9.86. The van der Waals surface area contributed by atoms with Gasteiger partial charge < -0.3 is 15.4 Å². The van der Waals surface area contributed by atoms with Crippen LogP contribution >= 0.6 is 0 Å². The SMILES string of the molecule is COc1cccc(N(C)CCCCC(C)(C)C(=N)N)c1. The molecule has 112 valence electrons. The Labute approximate surface area is 122 Å². The average Bonchev–Trinajstić information content (AvgIpc) is 2.43. The summed E-state index contributed by atoms with van der Waals surface area (Å²) in [5.41, 5.74) is 6.57. The van der Waals surface area contributed by atoms with Gasteiger partial charge in [0.25, 0.3) is 0 Å². The summed E-state index contributed by atoms with van der Waals surface area (Å²) in [4.78, 5) is 2.23. The van der Waals surface area contributed by atoms with Crippen molar-refractivity contribution in [3.63, 3.8) is 0 Å². The van der Waals surface area contributed by atoms with Crippen LogP contribution in [0.1, 0.15) is 33.1 Å². The molecule has 1 aromatic carbocycles. The molecule has 0 fully saturated rings. The Morgan fingerprint density at radius 2 is 2.05 bits per heavy atom. The molecule has 0 unspecified atom stereocenters. The number of nitrogens with zero attached hydrogens (tertiary/aromatic N) is 1. The number of nitrogens with two attached hydrogens (primary N) is 1. The van der Waals surface area contributed by atoms with Crippen molar-refractivity contribution in [1.29, 1.82) is 5.41 Å². The zero-order valence-electron chi connectivity index (χ0n) is 13.1. The molecule has 0 spiro atoms. The van der Waals surface area contributed by atoms with E-state index in [-0.39, 0.29) is 11.3 Å². The molecule has 0 radical (unpaired) electrons. The van der Waals surface area contributed by atoms with Gasteiger partial charge in [-0.2, -0.15) is 0 Å². The van der Waals surface area contributed by atoms with E-state index in [1.807, 2.05) is 32.0 Å². The third-order valence-electron chi connectivity index (χ3n) is 3.77. The van der Waals surface area contributed by atoms with Crippen LogP contribution in [-0.2, 0) is 0 Å². The highest BCUT2D eigenvalue weighted by atomic mass is 16.5. The zero-order valence-corrected chi connectivity index (χ0v) is 13.1. The molecule has 0 aliphatic carbocycles. The fraction of sp³-hybridized carbons (Fsp3) is 0.562. The van der Waals surface area contributed by atoms with Crippen molar-refractivity contribution in [2.45, 2.75) is 33.1 Å². The number of amidine groups is 1. The molecule has 0 amide bonds. The Bertz CT molecular complexity index is 443. The maximum absolute atomic E-state index is 7.55. The average molecular weight is 277 g/mol. The van der Waals surface area contributed by atoms with Gasteiger partial charge in [0.05, 0.1) is 12.9 Å². The van der Waals surface area contributed by atoms with E-state index < -0.39 is 0 Å². The van der Waals surface area contributed by atoms with Gasteiger partial charge in [0.1, 0.15) is 5.75 Å². The third kappa shape index (κ3) is 4.76. The molecule has 0 saturated heterocycles. The molecule has 0 heterocycles. The monoisotopic (exact) mass is 277 g/mol. The Hall–Kier alpha value is -1.71. The first kappa shape index (κ1) is 16.3. The van der Waals surface area contributed by atoms with E-state index in [4.69, 9.17) is 15.9 Å². The van der Waals surface area contributed by atoms with Crippen LogP contribution in [0.2, 0.25) is 0 Å². The molecule has 4 nitrogen and oxygen atoms in total. The predicted octanol–water partition coefficient (Wildman–Crippen LogP) is 3.26. The second kappa shape index (κ2) is 7.17. The number of hydrogen-bond acceptors (Lipinski definition) is 3. The van der Waals surface area contributed by atoms with Gasteiger partial charge in [0, 0.05) is 30.8 Å². The van der Waals surface area contributed by atoms with Crippen molar-refractivity contribution in [3.05, 3.63) is 24.3 Å². The van der Waals surface area contributed by atoms with Crippen molar-refractivity contribution < 1.29 is 4.74 Å². The number of rotatable bonds is 8. The number of nitrogens with one attached hydrogen (secondary N) is 1. The minimum atomic E-state index is -0.186. The maximum atomic E-state index is 7.55. The lowest BCUT2D eigenvalue weighted by molar-refractivity contribution is 0.414. The van der Waals surface area contributed by atoms with E-state index in [0.717, 1.165) is 37.2 Å².